The van der Waals surface area contributed by atoms with Gasteiger partial charge in [0.2, 0.25) is 0 Å². The van der Waals surface area contributed by atoms with E-state index in [1.807, 2.05) is 27.0 Å². The second-order valence-electron chi connectivity index (χ2n) is 6.85. The molecule has 1 fully saturated rings. The van der Waals surface area contributed by atoms with E-state index in [4.69, 9.17) is 9.47 Å². The van der Waals surface area contributed by atoms with Gasteiger partial charge < -0.3 is 14.4 Å². The molecular weight excluding hydrogens is 326 g/mol. The maximum Gasteiger partial charge on any atom is 0.410 e. The highest BCUT2D eigenvalue weighted by Crippen LogP contribution is 2.21. The topological polar surface area (TPSA) is 64.6 Å². The molecule has 1 saturated heterocycles. The van der Waals surface area contributed by atoms with Gasteiger partial charge in [0.1, 0.15) is 10.6 Å². The first-order valence-electron chi connectivity index (χ1n) is 8.32. The van der Waals surface area contributed by atoms with E-state index in [0.717, 1.165) is 36.5 Å². The van der Waals surface area contributed by atoms with Crippen molar-refractivity contribution in [1.29, 1.82) is 0 Å². The number of likely N-dealkylation sites (tertiary alicyclic amines) is 1. The number of hydrogen-bond acceptors (Lipinski definition) is 6. The van der Waals surface area contributed by atoms with Gasteiger partial charge in [0.25, 0.3) is 0 Å². The van der Waals surface area contributed by atoms with E-state index in [1.54, 1.807) is 29.1 Å². The van der Waals surface area contributed by atoms with Gasteiger partial charge in [0.05, 0.1) is 24.9 Å². The predicted octanol–water partition coefficient (Wildman–Crippen LogP) is 3.50. The number of carbonyl (C=O) groups excluding carboxylic acids is 1. The first-order valence-corrected chi connectivity index (χ1v) is 9.54. The number of thioether (sulfide) groups is 1. The smallest absolute Gasteiger partial charge is 0.410 e. The van der Waals surface area contributed by atoms with Crippen molar-refractivity contribution in [3.63, 3.8) is 0 Å². The van der Waals surface area contributed by atoms with Crippen LogP contribution in [0.1, 0.15) is 45.7 Å². The zero-order valence-corrected chi connectivity index (χ0v) is 15.8. The summed E-state index contributed by atoms with van der Waals surface area (Å²) in [6, 6.07) is 0.0583. The summed E-state index contributed by atoms with van der Waals surface area (Å²) in [7, 11) is 0. The minimum absolute atomic E-state index is 0.0583. The van der Waals surface area contributed by atoms with E-state index in [2.05, 4.69) is 9.97 Å². The molecule has 1 aromatic heterocycles. The SMILES string of the molecule is CSc1nccnc1COCC1CCCCN1C(=O)OC(C)(C)C. The molecule has 0 bridgehead atoms. The van der Waals surface area contributed by atoms with Crippen LogP contribution >= 0.6 is 11.8 Å². The number of hydrogen-bond donors (Lipinski definition) is 0. The summed E-state index contributed by atoms with van der Waals surface area (Å²) in [5.74, 6) is 0. The molecule has 0 aromatic carbocycles. The van der Waals surface area contributed by atoms with Crippen molar-refractivity contribution in [3.05, 3.63) is 18.1 Å². The van der Waals surface area contributed by atoms with Crippen LogP contribution < -0.4 is 0 Å². The molecule has 2 rings (SSSR count). The zero-order valence-electron chi connectivity index (χ0n) is 14.9. The monoisotopic (exact) mass is 353 g/mol. The molecule has 134 valence electrons. The highest BCUT2D eigenvalue weighted by molar-refractivity contribution is 7.98. The van der Waals surface area contributed by atoms with Crippen molar-refractivity contribution in [3.8, 4) is 0 Å². The lowest BCUT2D eigenvalue weighted by atomic mass is 10.0. The fraction of sp³-hybridized carbons (Fsp3) is 0.706. The van der Waals surface area contributed by atoms with Gasteiger partial charge in [-0.15, -0.1) is 11.8 Å². The number of piperidine rings is 1. The molecule has 1 aliphatic rings. The fourth-order valence-electron chi connectivity index (χ4n) is 2.65. The van der Waals surface area contributed by atoms with Crippen LogP contribution in [-0.2, 0) is 16.1 Å². The van der Waals surface area contributed by atoms with E-state index in [0.29, 0.717) is 13.2 Å². The summed E-state index contributed by atoms with van der Waals surface area (Å²) < 4.78 is 11.4. The summed E-state index contributed by atoms with van der Waals surface area (Å²) in [5.41, 5.74) is 0.358. The van der Waals surface area contributed by atoms with Gasteiger partial charge in [-0.2, -0.15) is 0 Å². The lowest BCUT2D eigenvalue weighted by Crippen LogP contribution is -2.48. The Labute approximate surface area is 148 Å². The van der Waals surface area contributed by atoms with Gasteiger partial charge in [0, 0.05) is 18.9 Å². The average molecular weight is 353 g/mol. The van der Waals surface area contributed by atoms with Gasteiger partial charge in [0.15, 0.2) is 0 Å². The van der Waals surface area contributed by atoms with Gasteiger partial charge in [-0.3, -0.25) is 4.98 Å². The summed E-state index contributed by atoms with van der Waals surface area (Å²) in [6.07, 6.45) is 8.13. The molecule has 0 radical (unpaired) electrons. The number of carbonyl (C=O) groups is 1. The minimum atomic E-state index is -0.479. The molecule has 1 aliphatic heterocycles. The molecule has 7 heteroatoms. The standard InChI is InChI=1S/C17H27N3O3S/c1-17(2,3)23-16(21)20-10-6-5-7-13(20)11-22-12-14-15(24-4)19-9-8-18-14/h8-9,13H,5-7,10-12H2,1-4H3. The zero-order chi connectivity index (χ0) is 17.6. The molecule has 0 N–H and O–H groups in total. The summed E-state index contributed by atoms with van der Waals surface area (Å²) in [5, 5.41) is 0.880. The molecule has 1 amide bonds. The molecule has 0 aliphatic carbocycles. The van der Waals surface area contributed by atoms with E-state index in [9.17, 15) is 4.79 Å². The summed E-state index contributed by atoms with van der Waals surface area (Å²) >= 11 is 1.56. The third-order valence-corrected chi connectivity index (χ3v) is 4.46. The molecule has 6 nitrogen and oxygen atoms in total. The molecule has 24 heavy (non-hydrogen) atoms. The highest BCUT2D eigenvalue weighted by Gasteiger charge is 2.30. The maximum absolute atomic E-state index is 12.4. The lowest BCUT2D eigenvalue weighted by Gasteiger charge is -2.36. The Balaban J connectivity index is 1.90. The lowest BCUT2D eigenvalue weighted by molar-refractivity contribution is -0.0105. The van der Waals surface area contributed by atoms with E-state index in [1.165, 1.54) is 0 Å². The molecule has 1 atom stereocenters. The van der Waals surface area contributed by atoms with Crippen LogP contribution in [0.2, 0.25) is 0 Å². The second-order valence-corrected chi connectivity index (χ2v) is 7.65. The third-order valence-electron chi connectivity index (χ3n) is 3.73. The van der Waals surface area contributed by atoms with Crippen molar-refractivity contribution in [2.75, 3.05) is 19.4 Å². The van der Waals surface area contributed by atoms with Crippen molar-refractivity contribution in [1.82, 2.24) is 14.9 Å². The Morgan fingerprint density at radius 2 is 2.08 bits per heavy atom. The number of amides is 1. The predicted molar refractivity (Wildman–Crippen MR) is 94.0 cm³/mol. The van der Waals surface area contributed by atoms with Crippen LogP contribution in [0.3, 0.4) is 0 Å². The van der Waals surface area contributed by atoms with Gasteiger partial charge in [-0.1, -0.05) is 0 Å². The fourth-order valence-corrected chi connectivity index (χ4v) is 3.16. The van der Waals surface area contributed by atoms with Crippen LogP contribution in [0.4, 0.5) is 4.79 Å². The molecule has 2 heterocycles. The first-order chi connectivity index (χ1) is 11.4. The van der Waals surface area contributed by atoms with E-state index in [-0.39, 0.29) is 12.1 Å². The number of ether oxygens (including phenoxy) is 2. The maximum atomic E-state index is 12.4. The second kappa shape index (κ2) is 8.67. The minimum Gasteiger partial charge on any atom is -0.444 e. The Morgan fingerprint density at radius 1 is 1.33 bits per heavy atom. The summed E-state index contributed by atoms with van der Waals surface area (Å²) in [4.78, 5) is 22.8. The summed E-state index contributed by atoms with van der Waals surface area (Å²) in [6.45, 7) is 7.28. The van der Waals surface area contributed by atoms with Crippen molar-refractivity contribution >= 4 is 17.9 Å². The van der Waals surface area contributed by atoms with Crippen molar-refractivity contribution in [2.24, 2.45) is 0 Å². The molecular formula is C17H27N3O3S. The molecule has 0 saturated carbocycles. The highest BCUT2D eigenvalue weighted by atomic mass is 32.2. The largest absolute Gasteiger partial charge is 0.444 e. The Morgan fingerprint density at radius 3 is 2.79 bits per heavy atom. The van der Waals surface area contributed by atoms with Crippen molar-refractivity contribution < 1.29 is 14.3 Å². The number of rotatable bonds is 5. The van der Waals surface area contributed by atoms with Crippen LogP contribution in [-0.4, -0.2) is 52.0 Å². The number of aromatic nitrogens is 2. The first kappa shape index (κ1) is 19.0. The number of nitrogens with zero attached hydrogens (tertiary/aromatic N) is 3. The van der Waals surface area contributed by atoms with Gasteiger partial charge in [-0.25, -0.2) is 9.78 Å². The van der Waals surface area contributed by atoms with E-state index >= 15 is 0 Å². The average Bonchev–Trinajstić information content (AvgIpc) is 2.54. The van der Waals surface area contributed by atoms with Crippen LogP contribution in [0.5, 0.6) is 0 Å². The van der Waals surface area contributed by atoms with Crippen molar-refractivity contribution in [2.45, 2.75) is 63.3 Å². The Bertz CT molecular complexity index is 548. The van der Waals surface area contributed by atoms with E-state index < -0.39 is 5.60 Å². The van der Waals surface area contributed by atoms with Crippen LogP contribution in [0.15, 0.2) is 17.4 Å². The Kier molecular flexibility index (Phi) is 6.86. The molecule has 1 unspecified atom stereocenters. The normalized spacial score (nSPS) is 18.5. The molecule has 1 aromatic rings. The quantitative estimate of drug-likeness (QED) is 0.755. The third kappa shape index (κ3) is 5.63. The van der Waals surface area contributed by atoms with Crippen LogP contribution in [0.25, 0.3) is 0 Å². The van der Waals surface area contributed by atoms with Gasteiger partial charge in [-0.05, 0) is 46.3 Å². The van der Waals surface area contributed by atoms with Gasteiger partial charge >= 0.3 is 6.09 Å². The van der Waals surface area contributed by atoms with Crippen LogP contribution in [0, 0.1) is 0 Å². The molecule has 0 spiro atoms. The Hall–Kier alpha value is -1.34.